The summed E-state index contributed by atoms with van der Waals surface area (Å²) in [6.07, 6.45) is 6.65. The zero-order valence-corrected chi connectivity index (χ0v) is 7.29. The molecule has 1 nitrogen and oxygen atoms in total. The number of ether oxygens (including phenoxy) is 1. The Labute approximate surface area is 77.3 Å². The van der Waals surface area contributed by atoms with Gasteiger partial charge in [-0.3, -0.25) is 0 Å². The zero-order valence-electron chi connectivity index (χ0n) is 7.29. The van der Waals surface area contributed by atoms with Crippen LogP contribution >= 0.6 is 0 Å². The number of para-hydroxylation sites is 1. The highest BCUT2D eigenvalue weighted by Gasteiger charge is 2.19. The SMILES string of the molecule is C1=C2CCC=C2Oc2ccccc21. The maximum atomic E-state index is 5.75. The van der Waals surface area contributed by atoms with E-state index < -0.39 is 0 Å². The van der Waals surface area contributed by atoms with Crippen molar-refractivity contribution in [2.45, 2.75) is 12.8 Å². The Morgan fingerprint density at radius 3 is 3.08 bits per heavy atom. The second-order valence-electron chi connectivity index (χ2n) is 3.42. The van der Waals surface area contributed by atoms with Crippen LogP contribution < -0.4 is 4.74 Å². The van der Waals surface area contributed by atoms with Gasteiger partial charge in [-0.05, 0) is 36.6 Å². The Morgan fingerprint density at radius 1 is 1.15 bits per heavy atom. The Hall–Kier alpha value is -1.50. The molecule has 2 aliphatic rings. The summed E-state index contributed by atoms with van der Waals surface area (Å²) in [4.78, 5) is 0. The van der Waals surface area contributed by atoms with Crippen LogP contribution in [0.4, 0.5) is 0 Å². The van der Waals surface area contributed by atoms with Gasteiger partial charge in [0.2, 0.25) is 0 Å². The van der Waals surface area contributed by atoms with Gasteiger partial charge in [-0.2, -0.15) is 0 Å². The highest BCUT2D eigenvalue weighted by atomic mass is 16.5. The first-order chi connectivity index (χ1) is 6.43. The Balaban J connectivity index is 2.18. The van der Waals surface area contributed by atoms with Gasteiger partial charge in [-0.15, -0.1) is 0 Å². The molecule has 1 aliphatic carbocycles. The number of hydrogen-bond acceptors (Lipinski definition) is 1. The maximum Gasteiger partial charge on any atom is 0.134 e. The van der Waals surface area contributed by atoms with Crippen molar-refractivity contribution in [2.75, 3.05) is 0 Å². The van der Waals surface area contributed by atoms with E-state index >= 15 is 0 Å². The summed E-state index contributed by atoms with van der Waals surface area (Å²) in [7, 11) is 0. The average molecular weight is 170 g/mol. The van der Waals surface area contributed by atoms with Crippen LogP contribution in [0.3, 0.4) is 0 Å². The summed E-state index contributed by atoms with van der Waals surface area (Å²) >= 11 is 0. The Kier molecular flexibility index (Phi) is 1.33. The number of rotatable bonds is 0. The van der Waals surface area contributed by atoms with Gasteiger partial charge >= 0.3 is 0 Å². The summed E-state index contributed by atoms with van der Waals surface area (Å²) in [5, 5.41) is 0. The highest BCUT2D eigenvalue weighted by Crippen LogP contribution is 2.36. The fourth-order valence-corrected chi connectivity index (χ4v) is 1.86. The molecule has 1 heteroatoms. The van der Waals surface area contributed by atoms with Crippen molar-refractivity contribution in [1.82, 2.24) is 0 Å². The lowest BCUT2D eigenvalue weighted by Crippen LogP contribution is -2.01. The molecule has 64 valence electrons. The van der Waals surface area contributed by atoms with Crippen LogP contribution in [0, 0.1) is 0 Å². The molecule has 0 saturated carbocycles. The van der Waals surface area contributed by atoms with E-state index in [2.05, 4.69) is 18.2 Å². The van der Waals surface area contributed by atoms with Gasteiger partial charge in [0.1, 0.15) is 11.5 Å². The standard InChI is InChI=1S/C12H10O/c1-2-6-11-9(4-1)8-10-5-3-7-12(10)13-11/h1-2,4,6-8H,3,5H2. The first kappa shape index (κ1) is 6.96. The largest absolute Gasteiger partial charge is 0.457 e. The summed E-state index contributed by atoms with van der Waals surface area (Å²) in [5.74, 6) is 2.05. The molecule has 1 aromatic carbocycles. The average Bonchev–Trinajstić information content (AvgIpc) is 2.61. The Bertz CT molecular complexity index is 413. The van der Waals surface area contributed by atoms with Crippen molar-refractivity contribution < 1.29 is 4.74 Å². The molecule has 0 N–H and O–H groups in total. The summed E-state index contributed by atoms with van der Waals surface area (Å²) in [6.45, 7) is 0. The van der Waals surface area contributed by atoms with Gasteiger partial charge in [0.15, 0.2) is 0 Å². The lowest BCUT2D eigenvalue weighted by Gasteiger charge is -2.16. The van der Waals surface area contributed by atoms with Crippen molar-refractivity contribution >= 4 is 6.08 Å². The van der Waals surface area contributed by atoms with E-state index in [1.54, 1.807) is 0 Å². The van der Waals surface area contributed by atoms with Gasteiger partial charge < -0.3 is 4.74 Å². The topological polar surface area (TPSA) is 9.23 Å². The van der Waals surface area contributed by atoms with E-state index in [4.69, 9.17) is 4.74 Å². The van der Waals surface area contributed by atoms with E-state index in [0.29, 0.717) is 0 Å². The molecule has 0 amide bonds. The lowest BCUT2D eigenvalue weighted by atomic mass is 10.1. The minimum Gasteiger partial charge on any atom is -0.457 e. The van der Waals surface area contributed by atoms with Crippen LogP contribution in [0.2, 0.25) is 0 Å². The number of fused-ring (bicyclic) bond motifs is 2. The van der Waals surface area contributed by atoms with Crippen molar-refractivity contribution in [3.63, 3.8) is 0 Å². The molecular weight excluding hydrogens is 160 g/mol. The van der Waals surface area contributed by atoms with E-state index in [-0.39, 0.29) is 0 Å². The predicted molar refractivity (Wildman–Crippen MR) is 52.4 cm³/mol. The number of benzene rings is 1. The third-order valence-corrected chi connectivity index (χ3v) is 2.53. The third kappa shape index (κ3) is 1.00. The fourth-order valence-electron chi connectivity index (χ4n) is 1.86. The van der Waals surface area contributed by atoms with Gasteiger partial charge in [0, 0.05) is 5.56 Å². The minimum atomic E-state index is 0.986. The first-order valence-electron chi connectivity index (χ1n) is 4.61. The number of hydrogen-bond donors (Lipinski definition) is 0. The van der Waals surface area contributed by atoms with Gasteiger partial charge in [0.25, 0.3) is 0 Å². The van der Waals surface area contributed by atoms with Crippen LogP contribution in [-0.2, 0) is 0 Å². The molecular formula is C12H10O. The minimum absolute atomic E-state index is 0.986. The summed E-state index contributed by atoms with van der Waals surface area (Å²) in [6, 6.07) is 8.16. The molecule has 1 aliphatic heterocycles. The van der Waals surface area contributed by atoms with Gasteiger partial charge in [0.05, 0.1) is 0 Å². The van der Waals surface area contributed by atoms with Crippen LogP contribution in [0.1, 0.15) is 18.4 Å². The molecule has 3 rings (SSSR count). The molecule has 1 aromatic rings. The van der Waals surface area contributed by atoms with E-state index in [9.17, 15) is 0 Å². The van der Waals surface area contributed by atoms with Crippen LogP contribution in [0.25, 0.3) is 6.08 Å². The third-order valence-electron chi connectivity index (χ3n) is 2.53. The van der Waals surface area contributed by atoms with Crippen molar-refractivity contribution in [2.24, 2.45) is 0 Å². The smallest absolute Gasteiger partial charge is 0.134 e. The molecule has 1 heterocycles. The maximum absolute atomic E-state index is 5.75. The van der Waals surface area contributed by atoms with Gasteiger partial charge in [-0.1, -0.05) is 18.2 Å². The van der Waals surface area contributed by atoms with E-state index in [1.807, 2.05) is 18.2 Å². The molecule has 0 spiro atoms. The van der Waals surface area contributed by atoms with Crippen molar-refractivity contribution in [1.29, 1.82) is 0 Å². The summed E-state index contributed by atoms with van der Waals surface area (Å²) in [5.41, 5.74) is 2.55. The highest BCUT2D eigenvalue weighted by molar-refractivity contribution is 5.67. The van der Waals surface area contributed by atoms with Crippen LogP contribution in [0.5, 0.6) is 5.75 Å². The zero-order chi connectivity index (χ0) is 8.67. The van der Waals surface area contributed by atoms with Crippen molar-refractivity contribution in [3.05, 3.63) is 47.2 Å². The molecule has 0 fully saturated rings. The molecule has 0 unspecified atom stereocenters. The Morgan fingerprint density at radius 2 is 2.08 bits per heavy atom. The number of allylic oxidation sites excluding steroid dienone is 2. The lowest BCUT2D eigenvalue weighted by molar-refractivity contribution is 0.433. The molecule has 0 atom stereocenters. The van der Waals surface area contributed by atoms with Crippen LogP contribution in [-0.4, -0.2) is 0 Å². The normalized spacial score (nSPS) is 18.2. The van der Waals surface area contributed by atoms with E-state index in [0.717, 1.165) is 24.4 Å². The predicted octanol–water partition coefficient (Wildman–Crippen LogP) is 3.14. The second kappa shape index (κ2) is 2.49. The first-order valence-corrected chi connectivity index (χ1v) is 4.61. The fraction of sp³-hybridized carbons (Fsp3) is 0.167. The van der Waals surface area contributed by atoms with Crippen molar-refractivity contribution in [3.8, 4) is 5.75 Å². The second-order valence-corrected chi connectivity index (χ2v) is 3.42. The molecule has 0 bridgehead atoms. The quantitative estimate of drug-likeness (QED) is 0.581. The molecule has 0 saturated heterocycles. The molecule has 0 radical (unpaired) electrons. The molecule has 0 aromatic heterocycles. The van der Waals surface area contributed by atoms with Gasteiger partial charge in [-0.25, -0.2) is 0 Å². The monoisotopic (exact) mass is 170 g/mol. The summed E-state index contributed by atoms with van der Waals surface area (Å²) < 4.78 is 5.75. The van der Waals surface area contributed by atoms with E-state index in [1.165, 1.54) is 11.1 Å². The van der Waals surface area contributed by atoms with Crippen LogP contribution in [0.15, 0.2) is 41.7 Å². The molecule has 13 heavy (non-hydrogen) atoms.